The molecular formula is C13H17ClN4O3. The van der Waals surface area contributed by atoms with Gasteiger partial charge in [-0.15, -0.1) is 0 Å². The predicted molar refractivity (Wildman–Crippen MR) is 75.7 cm³/mol. The Morgan fingerprint density at radius 3 is 2.57 bits per heavy atom. The first kappa shape index (κ1) is 14.3. The van der Waals surface area contributed by atoms with Gasteiger partial charge in [0.15, 0.2) is 5.69 Å². The van der Waals surface area contributed by atoms with Crippen LogP contribution in [0.15, 0.2) is 6.20 Å². The third kappa shape index (κ3) is 2.63. The van der Waals surface area contributed by atoms with Crippen molar-refractivity contribution in [1.82, 2.24) is 20.0 Å². The highest BCUT2D eigenvalue weighted by Gasteiger charge is 2.38. The first-order chi connectivity index (χ1) is 10.0. The lowest BCUT2D eigenvalue weighted by atomic mass is 9.78. The Bertz CT molecular complexity index is 570. The van der Waals surface area contributed by atoms with Crippen LogP contribution in [0.1, 0.15) is 29.8 Å². The molecule has 7 nitrogen and oxygen atoms in total. The summed E-state index contributed by atoms with van der Waals surface area (Å²) in [7, 11) is 0. The van der Waals surface area contributed by atoms with Crippen LogP contribution in [0, 0.1) is 5.41 Å². The maximum atomic E-state index is 12.4. The third-order valence-corrected chi connectivity index (χ3v) is 4.77. The molecule has 0 saturated carbocycles. The number of nitrogens with zero attached hydrogens (tertiary/aromatic N) is 3. The lowest BCUT2D eigenvalue weighted by Crippen LogP contribution is -2.45. The second-order valence-corrected chi connectivity index (χ2v) is 6.18. The van der Waals surface area contributed by atoms with Gasteiger partial charge < -0.3 is 15.3 Å². The number of carboxylic acid groups (broad SMARTS) is 1. The molecule has 0 aromatic carbocycles. The van der Waals surface area contributed by atoms with E-state index in [2.05, 4.69) is 10.4 Å². The van der Waals surface area contributed by atoms with Crippen molar-refractivity contribution >= 4 is 23.6 Å². The van der Waals surface area contributed by atoms with Crippen molar-refractivity contribution in [3.8, 4) is 0 Å². The number of carbonyl (C=O) groups is 2. The molecule has 21 heavy (non-hydrogen) atoms. The van der Waals surface area contributed by atoms with Gasteiger partial charge in [-0.05, 0) is 31.2 Å². The zero-order valence-electron chi connectivity index (χ0n) is 11.5. The van der Waals surface area contributed by atoms with Crippen molar-refractivity contribution in [2.75, 3.05) is 26.2 Å². The number of hydrogen-bond donors (Lipinski definition) is 2. The first-order valence-corrected chi connectivity index (χ1v) is 7.37. The fourth-order valence-electron chi connectivity index (χ4n) is 3.14. The number of amides is 1. The maximum Gasteiger partial charge on any atom is 0.357 e. The number of aromatic nitrogens is 2. The van der Waals surface area contributed by atoms with Gasteiger partial charge in [-0.25, -0.2) is 9.59 Å². The first-order valence-electron chi connectivity index (χ1n) is 6.99. The van der Waals surface area contributed by atoms with E-state index in [9.17, 15) is 9.59 Å². The molecule has 114 valence electrons. The van der Waals surface area contributed by atoms with Crippen molar-refractivity contribution in [3.05, 3.63) is 16.9 Å². The molecule has 0 atom stereocenters. The van der Waals surface area contributed by atoms with Gasteiger partial charge in [0, 0.05) is 19.6 Å². The molecule has 1 amide bonds. The molecule has 1 aromatic heterocycles. The highest BCUT2D eigenvalue weighted by molar-refractivity contribution is 6.33. The van der Waals surface area contributed by atoms with Gasteiger partial charge in [0.2, 0.25) is 0 Å². The number of nitrogens with one attached hydrogen (secondary N) is 1. The zero-order valence-corrected chi connectivity index (χ0v) is 12.3. The van der Waals surface area contributed by atoms with Gasteiger partial charge in [-0.1, -0.05) is 11.6 Å². The van der Waals surface area contributed by atoms with E-state index in [-0.39, 0.29) is 16.7 Å². The summed E-state index contributed by atoms with van der Waals surface area (Å²) in [6, 6.07) is -0.315. The molecule has 2 aliphatic heterocycles. The highest BCUT2D eigenvalue weighted by Crippen LogP contribution is 2.37. The van der Waals surface area contributed by atoms with Gasteiger partial charge in [-0.3, -0.25) is 0 Å². The van der Waals surface area contributed by atoms with Crippen LogP contribution in [-0.2, 0) is 0 Å². The van der Waals surface area contributed by atoms with Crippen LogP contribution in [0.2, 0.25) is 5.02 Å². The summed E-state index contributed by atoms with van der Waals surface area (Å²) < 4.78 is 1.02. The van der Waals surface area contributed by atoms with E-state index in [0.717, 1.165) is 37.0 Å². The Labute approximate surface area is 126 Å². The fraction of sp³-hybridized carbons (Fsp3) is 0.615. The lowest BCUT2D eigenvalue weighted by molar-refractivity contribution is 0.0690. The average molecular weight is 313 g/mol. The number of carbonyl (C=O) groups excluding carboxylic acids is 1. The SMILES string of the molecule is O=C(O)c1nn(C(=O)N2CCC3(CCNC3)CC2)cc1Cl. The second-order valence-electron chi connectivity index (χ2n) is 5.77. The van der Waals surface area contributed by atoms with Crippen LogP contribution in [-0.4, -0.2) is 58.0 Å². The molecule has 2 N–H and O–H groups in total. The normalized spacial score (nSPS) is 20.9. The number of aromatic carboxylic acids is 1. The van der Waals surface area contributed by atoms with Crippen molar-refractivity contribution in [3.63, 3.8) is 0 Å². The number of halogens is 1. The minimum atomic E-state index is -1.24. The van der Waals surface area contributed by atoms with E-state index < -0.39 is 5.97 Å². The van der Waals surface area contributed by atoms with Crippen molar-refractivity contribution in [2.45, 2.75) is 19.3 Å². The standard InChI is InChI=1S/C13H17ClN4O3/c14-9-7-18(16-10(9)11(19)20)12(21)17-5-2-13(3-6-17)1-4-15-8-13/h7,15H,1-6,8H2,(H,19,20). The van der Waals surface area contributed by atoms with Crippen molar-refractivity contribution in [1.29, 1.82) is 0 Å². The number of carboxylic acids is 1. The Kier molecular flexibility index (Phi) is 3.62. The fourth-order valence-corrected chi connectivity index (χ4v) is 3.35. The molecule has 0 aliphatic carbocycles. The smallest absolute Gasteiger partial charge is 0.357 e. The largest absolute Gasteiger partial charge is 0.476 e. The predicted octanol–water partition coefficient (Wildman–Crippen LogP) is 1.28. The van der Waals surface area contributed by atoms with Gasteiger partial charge in [0.25, 0.3) is 0 Å². The summed E-state index contributed by atoms with van der Waals surface area (Å²) in [5, 5.41) is 16.0. The minimum Gasteiger partial charge on any atom is -0.476 e. The molecule has 1 aromatic rings. The molecule has 1 spiro atoms. The molecular weight excluding hydrogens is 296 g/mol. The summed E-state index contributed by atoms with van der Waals surface area (Å²) in [4.78, 5) is 25.0. The van der Waals surface area contributed by atoms with E-state index in [0.29, 0.717) is 18.5 Å². The molecule has 2 saturated heterocycles. The minimum absolute atomic E-state index is 0.0238. The highest BCUT2D eigenvalue weighted by atomic mass is 35.5. The van der Waals surface area contributed by atoms with E-state index >= 15 is 0 Å². The monoisotopic (exact) mass is 312 g/mol. The van der Waals surface area contributed by atoms with E-state index in [1.165, 1.54) is 6.20 Å². The van der Waals surface area contributed by atoms with E-state index in [4.69, 9.17) is 16.7 Å². The molecule has 2 fully saturated rings. The van der Waals surface area contributed by atoms with Crippen LogP contribution < -0.4 is 5.32 Å². The number of rotatable bonds is 1. The third-order valence-electron chi connectivity index (χ3n) is 4.49. The van der Waals surface area contributed by atoms with Gasteiger partial charge in [0.1, 0.15) is 0 Å². The molecule has 3 heterocycles. The van der Waals surface area contributed by atoms with Gasteiger partial charge >= 0.3 is 12.0 Å². The molecule has 8 heteroatoms. The Balaban J connectivity index is 1.69. The summed E-state index contributed by atoms with van der Waals surface area (Å²) in [5.41, 5.74) is 0.0311. The van der Waals surface area contributed by atoms with E-state index in [1.54, 1.807) is 4.90 Å². The average Bonchev–Trinajstić information content (AvgIpc) is 3.06. The molecule has 0 unspecified atom stereocenters. The van der Waals surface area contributed by atoms with Gasteiger partial charge in [0.05, 0.1) is 11.2 Å². The molecule has 2 aliphatic rings. The van der Waals surface area contributed by atoms with Gasteiger partial charge in [-0.2, -0.15) is 9.78 Å². The lowest BCUT2D eigenvalue weighted by Gasteiger charge is -2.38. The van der Waals surface area contributed by atoms with Crippen LogP contribution in [0.25, 0.3) is 0 Å². The number of hydrogen-bond acceptors (Lipinski definition) is 4. The number of likely N-dealkylation sites (tertiary alicyclic amines) is 1. The molecule has 0 radical (unpaired) electrons. The molecule has 3 rings (SSSR count). The Morgan fingerprint density at radius 2 is 2.05 bits per heavy atom. The van der Waals surface area contributed by atoms with Crippen LogP contribution >= 0.6 is 11.6 Å². The van der Waals surface area contributed by atoms with Crippen molar-refractivity contribution < 1.29 is 14.7 Å². The summed E-state index contributed by atoms with van der Waals surface area (Å²) in [6.07, 6.45) is 4.35. The quantitative estimate of drug-likeness (QED) is 0.815. The van der Waals surface area contributed by atoms with E-state index in [1.807, 2.05) is 0 Å². The topological polar surface area (TPSA) is 87.5 Å². The number of piperidine rings is 1. The summed E-state index contributed by atoms with van der Waals surface area (Å²) in [6.45, 7) is 3.40. The maximum absolute atomic E-state index is 12.4. The Morgan fingerprint density at radius 1 is 1.33 bits per heavy atom. The zero-order chi connectivity index (χ0) is 15.0. The van der Waals surface area contributed by atoms with Crippen LogP contribution in [0.3, 0.4) is 0 Å². The summed E-state index contributed by atoms with van der Waals surface area (Å²) >= 11 is 5.78. The second kappa shape index (κ2) is 5.31. The summed E-state index contributed by atoms with van der Waals surface area (Å²) in [5.74, 6) is -1.24. The Hall–Kier alpha value is -1.60. The van der Waals surface area contributed by atoms with Crippen LogP contribution in [0.4, 0.5) is 4.79 Å². The van der Waals surface area contributed by atoms with Crippen molar-refractivity contribution in [2.24, 2.45) is 5.41 Å². The van der Waals surface area contributed by atoms with Crippen LogP contribution in [0.5, 0.6) is 0 Å². The molecule has 0 bridgehead atoms.